The summed E-state index contributed by atoms with van der Waals surface area (Å²) in [5.74, 6) is 0. The molecule has 2 aliphatic rings. The summed E-state index contributed by atoms with van der Waals surface area (Å²) in [7, 11) is 0. The van der Waals surface area contributed by atoms with Crippen molar-refractivity contribution in [1.82, 2.24) is 0 Å². The molecule has 0 atom stereocenters. The summed E-state index contributed by atoms with van der Waals surface area (Å²) in [4.78, 5) is 5.38. The van der Waals surface area contributed by atoms with Crippen LogP contribution in [0.15, 0.2) is 197 Å². The van der Waals surface area contributed by atoms with E-state index in [1.165, 1.54) is 112 Å². The van der Waals surface area contributed by atoms with Gasteiger partial charge in [0.25, 0.3) is 0 Å². The average molecular weight is 757 g/mol. The Balaban J connectivity index is 1.20. The van der Waals surface area contributed by atoms with Crippen LogP contribution >= 0.6 is 23.5 Å². The van der Waals surface area contributed by atoms with Crippen LogP contribution in [0.25, 0.3) is 88.3 Å². The van der Waals surface area contributed by atoms with Gasteiger partial charge in [-0.2, -0.15) is 0 Å². The SMILES string of the molecule is C=Cc1c(C=C)c2ccc(-c3cc(-c4ccc5c6ccccc6c6ccccc6c5c4)c4c5c3Sc3ccccc3B5c3ccccc3S4)cc2c2ccccc12. The van der Waals surface area contributed by atoms with E-state index in [0.29, 0.717) is 0 Å². The van der Waals surface area contributed by atoms with E-state index in [2.05, 4.69) is 177 Å². The van der Waals surface area contributed by atoms with E-state index in [0.717, 1.165) is 11.1 Å². The van der Waals surface area contributed by atoms with Crippen LogP contribution in [0.2, 0.25) is 0 Å². The first-order valence-corrected chi connectivity index (χ1v) is 21.1. The van der Waals surface area contributed by atoms with Gasteiger partial charge in [-0.25, -0.2) is 0 Å². The Hall–Kier alpha value is -6.26. The Morgan fingerprint density at radius 1 is 0.368 bits per heavy atom. The summed E-state index contributed by atoms with van der Waals surface area (Å²) < 4.78 is 0. The molecule has 0 fully saturated rings. The highest BCUT2D eigenvalue weighted by molar-refractivity contribution is 8.01. The Labute approximate surface area is 340 Å². The molecule has 0 N–H and O–H groups in total. The lowest BCUT2D eigenvalue weighted by Crippen LogP contribution is -2.58. The van der Waals surface area contributed by atoms with Gasteiger partial charge in [0.1, 0.15) is 0 Å². The first kappa shape index (κ1) is 32.9. The average Bonchev–Trinajstić information content (AvgIpc) is 3.28. The molecule has 0 amide bonds. The molecule has 0 spiro atoms. The van der Waals surface area contributed by atoms with Crippen LogP contribution in [-0.2, 0) is 0 Å². The number of benzene rings is 10. The zero-order chi connectivity index (χ0) is 37.8. The van der Waals surface area contributed by atoms with E-state index in [9.17, 15) is 0 Å². The van der Waals surface area contributed by atoms with Crippen molar-refractivity contribution in [2.45, 2.75) is 19.6 Å². The molecule has 2 aliphatic heterocycles. The normalized spacial score (nSPS) is 12.9. The molecule has 0 unspecified atom stereocenters. The molecule has 0 nitrogen and oxygen atoms in total. The van der Waals surface area contributed by atoms with E-state index in [4.69, 9.17) is 0 Å². The molecule has 10 aromatic carbocycles. The van der Waals surface area contributed by atoms with Crippen LogP contribution in [0.4, 0.5) is 0 Å². The molecule has 0 bridgehead atoms. The van der Waals surface area contributed by atoms with E-state index in [1.54, 1.807) is 0 Å². The summed E-state index contributed by atoms with van der Waals surface area (Å²) in [5.41, 5.74) is 11.5. The third-order valence-electron chi connectivity index (χ3n) is 12.3. The lowest BCUT2D eigenvalue weighted by Gasteiger charge is -2.35. The fourth-order valence-corrected chi connectivity index (χ4v) is 12.5. The fourth-order valence-electron chi connectivity index (χ4n) is 9.83. The summed E-state index contributed by atoms with van der Waals surface area (Å²) >= 11 is 3.88. The Bertz CT molecular complexity index is 3370. The number of fused-ring (bicyclic) bond motifs is 13. The first-order valence-electron chi connectivity index (χ1n) is 19.5. The molecular formula is C54H33BS2. The number of hydrogen-bond acceptors (Lipinski definition) is 2. The van der Waals surface area contributed by atoms with E-state index in [1.807, 2.05) is 35.7 Å². The van der Waals surface area contributed by atoms with Crippen molar-refractivity contribution in [2.24, 2.45) is 0 Å². The summed E-state index contributed by atoms with van der Waals surface area (Å²) in [6.45, 7) is 8.60. The molecule has 2 heterocycles. The minimum Gasteiger partial charge on any atom is -0.0984 e. The third-order valence-corrected chi connectivity index (χ3v) is 14.8. The maximum absolute atomic E-state index is 4.26. The van der Waals surface area contributed by atoms with Crippen LogP contribution in [-0.4, -0.2) is 6.71 Å². The van der Waals surface area contributed by atoms with Gasteiger partial charge in [-0.3, -0.25) is 0 Å². The molecule has 0 saturated carbocycles. The molecule has 10 aromatic rings. The largest absolute Gasteiger partial charge is 0.247 e. The van der Waals surface area contributed by atoms with Gasteiger partial charge in [0.15, 0.2) is 0 Å². The van der Waals surface area contributed by atoms with Crippen LogP contribution in [0.5, 0.6) is 0 Å². The van der Waals surface area contributed by atoms with Crippen LogP contribution in [0.1, 0.15) is 11.1 Å². The first-order chi connectivity index (χ1) is 28.2. The lowest BCUT2D eigenvalue weighted by atomic mass is 9.36. The predicted molar refractivity (Wildman–Crippen MR) is 251 cm³/mol. The number of rotatable bonds is 4. The minimum absolute atomic E-state index is 0.137. The topological polar surface area (TPSA) is 0 Å². The van der Waals surface area contributed by atoms with Gasteiger partial charge >= 0.3 is 0 Å². The molecule has 264 valence electrons. The highest BCUT2D eigenvalue weighted by atomic mass is 32.2. The van der Waals surface area contributed by atoms with Crippen molar-refractivity contribution in [3.63, 3.8) is 0 Å². The molecular weight excluding hydrogens is 724 g/mol. The molecule has 12 rings (SSSR count). The molecule has 3 heteroatoms. The van der Waals surface area contributed by atoms with Crippen molar-refractivity contribution < 1.29 is 0 Å². The second kappa shape index (κ2) is 12.6. The van der Waals surface area contributed by atoms with Crippen molar-refractivity contribution in [2.75, 3.05) is 0 Å². The second-order valence-corrected chi connectivity index (χ2v) is 17.3. The molecule has 0 saturated heterocycles. The molecule has 0 aliphatic carbocycles. The van der Waals surface area contributed by atoms with E-state index < -0.39 is 0 Å². The van der Waals surface area contributed by atoms with Gasteiger partial charge in [0, 0.05) is 19.6 Å². The number of hydrogen-bond donors (Lipinski definition) is 0. The minimum atomic E-state index is 0.137. The Morgan fingerprint density at radius 3 is 1.25 bits per heavy atom. The van der Waals surface area contributed by atoms with Crippen molar-refractivity contribution in [3.05, 3.63) is 188 Å². The summed E-state index contributed by atoms with van der Waals surface area (Å²) in [6.07, 6.45) is 3.97. The van der Waals surface area contributed by atoms with E-state index >= 15 is 0 Å². The molecule has 0 radical (unpaired) electrons. The Kier molecular flexibility index (Phi) is 7.30. The smallest absolute Gasteiger partial charge is 0.0984 e. The second-order valence-electron chi connectivity index (χ2n) is 15.1. The van der Waals surface area contributed by atoms with Gasteiger partial charge in [-0.05, 0) is 123 Å². The summed E-state index contributed by atoms with van der Waals surface area (Å²) in [5, 5.41) is 12.6. The standard InChI is InChI=1S/C54H33BS2/c1-3-34-35(4-2)42-27-25-32(29-46(42)40-19-9-5-15-36(34)40)44-31-45(33-26-28-43-39-18-7-6-16-37(39)38-17-8-10-20-41(38)47(43)30-33)54-52-53(44)56-50-23-13-11-21-48(50)55(52)49-22-12-14-24-51(49)57-54/h3-31H,1-2H2. The Morgan fingerprint density at radius 2 is 0.737 bits per heavy atom. The van der Waals surface area contributed by atoms with Crippen molar-refractivity contribution in [3.8, 4) is 22.3 Å². The van der Waals surface area contributed by atoms with Gasteiger partial charge in [0.2, 0.25) is 6.71 Å². The van der Waals surface area contributed by atoms with Crippen LogP contribution < -0.4 is 16.4 Å². The molecule has 0 aromatic heterocycles. The zero-order valence-electron chi connectivity index (χ0n) is 31.1. The van der Waals surface area contributed by atoms with Gasteiger partial charge in [-0.15, -0.1) is 0 Å². The maximum Gasteiger partial charge on any atom is 0.247 e. The molecule has 57 heavy (non-hydrogen) atoms. The van der Waals surface area contributed by atoms with Gasteiger partial charge < -0.3 is 0 Å². The predicted octanol–water partition coefficient (Wildman–Crippen LogP) is 13.5. The van der Waals surface area contributed by atoms with Crippen molar-refractivity contribution >= 4 is 113 Å². The van der Waals surface area contributed by atoms with E-state index in [-0.39, 0.29) is 6.71 Å². The van der Waals surface area contributed by atoms with Gasteiger partial charge in [-0.1, -0.05) is 193 Å². The summed E-state index contributed by atoms with van der Waals surface area (Å²) in [6, 6.07) is 61.4. The monoisotopic (exact) mass is 756 g/mol. The van der Waals surface area contributed by atoms with Crippen molar-refractivity contribution in [1.29, 1.82) is 0 Å². The third kappa shape index (κ3) is 4.74. The zero-order valence-corrected chi connectivity index (χ0v) is 32.7. The quantitative estimate of drug-likeness (QED) is 0.130. The lowest BCUT2D eigenvalue weighted by molar-refractivity contribution is 1.33. The van der Waals surface area contributed by atoms with Gasteiger partial charge in [0.05, 0.1) is 0 Å². The fraction of sp³-hybridized carbons (Fsp3) is 0. The van der Waals surface area contributed by atoms with Crippen LogP contribution in [0, 0.1) is 0 Å². The highest BCUT2D eigenvalue weighted by Crippen LogP contribution is 2.49. The van der Waals surface area contributed by atoms with Crippen LogP contribution in [0.3, 0.4) is 0 Å². The maximum atomic E-state index is 4.26. The highest BCUT2D eigenvalue weighted by Gasteiger charge is 2.40.